The summed E-state index contributed by atoms with van der Waals surface area (Å²) in [6.45, 7) is 0. The lowest BCUT2D eigenvalue weighted by atomic mass is 9.97. The highest BCUT2D eigenvalue weighted by atomic mass is 16.3. The summed E-state index contributed by atoms with van der Waals surface area (Å²) in [5.41, 5.74) is 12.8. The third-order valence-electron chi connectivity index (χ3n) is 12.7. The zero-order chi connectivity index (χ0) is 41.9. The number of furan rings is 3. The number of aromatic nitrogens is 4. The molecule has 0 aliphatic heterocycles. The standard InChI is InChI=1S/C57H32N4O3/c1-2-13-33(14-3-1)55-58-56(60-57(59-55)42-21-10-19-40-39-17-6-9-24-47(39)64-54(40)42)41-20-12-26-51-53(41)43-31-34(27-29-48(43)62-51)36-18-11-25-50-52(36)44-32-35(28-30-49(44)63-50)61-45-22-7-4-15-37(45)38-16-5-8-23-46(38)61/h1-32H. The monoisotopic (exact) mass is 820 g/mol. The molecule has 0 aliphatic carbocycles. The number of para-hydroxylation sites is 4. The van der Waals surface area contributed by atoms with Gasteiger partial charge in [0, 0.05) is 59.9 Å². The summed E-state index contributed by atoms with van der Waals surface area (Å²) in [6, 6.07) is 66.8. The topological polar surface area (TPSA) is 83.0 Å². The molecule has 0 aliphatic rings. The van der Waals surface area contributed by atoms with E-state index in [0.717, 1.165) is 110 Å². The van der Waals surface area contributed by atoms with Crippen LogP contribution in [0.25, 0.3) is 139 Å². The molecular formula is C57H32N4O3. The van der Waals surface area contributed by atoms with Gasteiger partial charge >= 0.3 is 0 Å². The predicted molar refractivity (Wildman–Crippen MR) is 258 cm³/mol. The lowest BCUT2D eigenvalue weighted by Crippen LogP contribution is -2.00. The summed E-state index contributed by atoms with van der Waals surface area (Å²) >= 11 is 0. The molecule has 7 heteroatoms. The van der Waals surface area contributed by atoms with Gasteiger partial charge in [-0.05, 0) is 77.9 Å². The minimum absolute atomic E-state index is 0.526. The molecule has 0 N–H and O–H groups in total. The zero-order valence-corrected chi connectivity index (χ0v) is 34.0. The average Bonchev–Trinajstić information content (AvgIpc) is 4.12. The van der Waals surface area contributed by atoms with E-state index in [2.05, 4.69) is 126 Å². The van der Waals surface area contributed by atoms with Crippen molar-refractivity contribution in [2.24, 2.45) is 0 Å². The zero-order valence-electron chi connectivity index (χ0n) is 34.0. The van der Waals surface area contributed by atoms with E-state index in [1.165, 1.54) is 10.8 Å². The van der Waals surface area contributed by atoms with E-state index in [4.69, 9.17) is 28.2 Å². The Labute approximate surface area is 364 Å². The molecule has 0 bridgehead atoms. The van der Waals surface area contributed by atoms with Crippen molar-refractivity contribution in [2.45, 2.75) is 0 Å². The molecule has 0 amide bonds. The Morgan fingerprint density at radius 2 is 0.844 bits per heavy atom. The maximum absolute atomic E-state index is 6.59. The minimum atomic E-state index is 0.526. The highest BCUT2D eigenvalue weighted by Gasteiger charge is 2.22. The van der Waals surface area contributed by atoms with E-state index >= 15 is 0 Å². The summed E-state index contributed by atoms with van der Waals surface area (Å²) in [7, 11) is 0. The summed E-state index contributed by atoms with van der Waals surface area (Å²) in [5, 5.41) is 8.50. The summed E-state index contributed by atoms with van der Waals surface area (Å²) < 4.78 is 22.0. The van der Waals surface area contributed by atoms with Gasteiger partial charge in [0.2, 0.25) is 0 Å². The largest absolute Gasteiger partial charge is 0.456 e. The number of nitrogens with zero attached hydrogens (tertiary/aromatic N) is 4. The summed E-state index contributed by atoms with van der Waals surface area (Å²) in [5.74, 6) is 1.63. The predicted octanol–water partition coefficient (Wildman–Crippen LogP) is 15.3. The molecule has 14 rings (SSSR count). The molecule has 0 unspecified atom stereocenters. The Balaban J connectivity index is 0.967. The molecule has 0 atom stereocenters. The number of fused-ring (bicyclic) bond motifs is 12. The molecule has 9 aromatic carbocycles. The fourth-order valence-corrected chi connectivity index (χ4v) is 9.83. The van der Waals surface area contributed by atoms with Crippen LogP contribution in [0.3, 0.4) is 0 Å². The van der Waals surface area contributed by atoms with Gasteiger partial charge in [0.15, 0.2) is 17.5 Å². The van der Waals surface area contributed by atoms with Gasteiger partial charge in [-0.25, -0.2) is 15.0 Å². The first-order chi connectivity index (χ1) is 31.7. The molecule has 7 nitrogen and oxygen atoms in total. The summed E-state index contributed by atoms with van der Waals surface area (Å²) in [4.78, 5) is 15.5. The van der Waals surface area contributed by atoms with Crippen LogP contribution in [-0.4, -0.2) is 19.5 Å². The number of hydrogen-bond acceptors (Lipinski definition) is 6. The Morgan fingerprint density at radius 3 is 1.61 bits per heavy atom. The Morgan fingerprint density at radius 1 is 0.312 bits per heavy atom. The van der Waals surface area contributed by atoms with E-state index in [0.29, 0.717) is 17.5 Å². The summed E-state index contributed by atoms with van der Waals surface area (Å²) in [6.07, 6.45) is 0. The van der Waals surface area contributed by atoms with Crippen molar-refractivity contribution in [1.82, 2.24) is 19.5 Å². The van der Waals surface area contributed by atoms with E-state index in [-0.39, 0.29) is 0 Å². The lowest BCUT2D eigenvalue weighted by Gasteiger charge is -2.10. The van der Waals surface area contributed by atoms with E-state index in [1.807, 2.05) is 72.8 Å². The second-order valence-electron chi connectivity index (χ2n) is 16.3. The molecule has 64 heavy (non-hydrogen) atoms. The van der Waals surface area contributed by atoms with Gasteiger partial charge in [0.1, 0.15) is 33.5 Å². The second-order valence-corrected chi connectivity index (χ2v) is 16.3. The van der Waals surface area contributed by atoms with Gasteiger partial charge in [-0.15, -0.1) is 0 Å². The van der Waals surface area contributed by atoms with Crippen LogP contribution >= 0.6 is 0 Å². The van der Waals surface area contributed by atoms with Crippen molar-refractivity contribution in [3.8, 4) is 51.0 Å². The van der Waals surface area contributed by atoms with Gasteiger partial charge in [-0.1, -0.05) is 127 Å². The third-order valence-corrected chi connectivity index (χ3v) is 12.7. The molecule has 0 saturated heterocycles. The quantitative estimate of drug-likeness (QED) is 0.172. The number of benzene rings is 9. The van der Waals surface area contributed by atoms with E-state index < -0.39 is 0 Å². The maximum Gasteiger partial charge on any atom is 0.167 e. The number of hydrogen-bond donors (Lipinski definition) is 0. The molecular weight excluding hydrogens is 789 g/mol. The fraction of sp³-hybridized carbons (Fsp3) is 0. The van der Waals surface area contributed by atoms with E-state index in [9.17, 15) is 0 Å². The average molecular weight is 821 g/mol. The van der Waals surface area contributed by atoms with Crippen LogP contribution in [0.5, 0.6) is 0 Å². The normalized spacial score (nSPS) is 12.1. The van der Waals surface area contributed by atoms with Crippen LogP contribution in [0.1, 0.15) is 0 Å². The molecule has 5 aromatic heterocycles. The van der Waals surface area contributed by atoms with Gasteiger partial charge < -0.3 is 17.8 Å². The molecule has 0 spiro atoms. The van der Waals surface area contributed by atoms with Crippen LogP contribution in [0.2, 0.25) is 0 Å². The van der Waals surface area contributed by atoms with Gasteiger partial charge in [-0.2, -0.15) is 0 Å². The van der Waals surface area contributed by atoms with Crippen molar-refractivity contribution in [1.29, 1.82) is 0 Å². The molecule has 14 aromatic rings. The highest BCUT2D eigenvalue weighted by molar-refractivity contribution is 6.17. The molecule has 0 saturated carbocycles. The molecule has 0 fully saturated rings. The first-order valence-electron chi connectivity index (χ1n) is 21.3. The number of rotatable bonds is 5. The van der Waals surface area contributed by atoms with Crippen molar-refractivity contribution < 1.29 is 13.3 Å². The van der Waals surface area contributed by atoms with Gasteiger partial charge in [-0.3, -0.25) is 0 Å². The van der Waals surface area contributed by atoms with Crippen LogP contribution in [0.15, 0.2) is 207 Å². The fourth-order valence-electron chi connectivity index (χ4n) is 9.83. The van der Waals surface area contributed by atoms with Crippen molar-refractivity contribution in [2.75, 3.05) is 0 Å². The molecule has 298 valence electrons. The van der Waals surface area contributed by atoms with Crippen LogP contribution in [0, 0.1) is 0 Å². The maximum atomic E-state index is 6.59. The van der Waals surface area contributed by atoms with Crippen molar-refractivity contribution in [3.05, 3.63) is 194 Å². The van der Waals surface area contributed by atoms with Crippen LogP contribution < -0.4 is 0 Å². The van der Waals surface area contributed by atoms with Crippen molar-refractivity contribution in [3.63, 3.8) is 0 Å². The van der Waals surface area contributed by atoms with Crippen molar-refractivity contribution >= 4 is 87.6 Å². The lowest BCUT2D eigenvalue weighted by molar-refractivity contribution is 0.668. The van der Waals surface area contributed by atoms with Crippen LogP contribution in [0.4, 0.5) is 0 Å². The smallest absolute Gasteiger partial charge is 0.167 e. The minimum Gasteiger partial charge on any atom is -0.456 e. The van der Waals surface area contributed by atoms with Gasteiger partial charge in [0.25, 0.3) is 0 Å². The second kappa shape index (κ2) is 13.3. The Kier molecular flexibility index (Phi) is 7.27. The highest BCUT2D eigenvalue weighted by Crippen LogP contribution is 2.43. The van der Waals surface area contributed by atoms with Crippen LogP contribution in [-0.2, 0) is 0 Å². The molecule has 0 radical (unpaired) electrons. The van der Waals surface area contributed by atoms with E-state index in [1.54, 1.807) is 0 Å². The van der Waals surface area contributed by atoms with Gasteiger partial charge in [0.05, 0.1) is 16.6 Å². The molecule has 5 heterocycles. The third kappa shape index (κ3) is 5.12. The SMILES string of the molecule is c1ccc(-c2nc(-c3cccc4c3oc3ccccc34)nc(-c3cccc4oc5ccc(-c6cccc7oc8ccc(-n9c%10ccccc%10c%10ccccc%109)cc8c67)cc5c34)n2)cc1. The first-order valence-corrected chi connectivity index (χ1v) is 21.3. The first kappa shape index (κ1) is 34.9. The Bertz CT molecular complexity index is 4160. The Hall–Kier alpha value is -8.81.